The Balaban J connectivity index is 1.63. The van der Waals surface area contributed by atoms with Crippen molar-refractivity contribution in [3.63, 3.8) is 0 Å². The first-order chi connectivity index (χ1) is 20.4. The van der Waals surface area contributed by atoms with Gasteiger partial charge in [-0.15, -0.1) is 23.1 Å². The molecule has 0 bridgehead atoms. The number of sulfonamides is 1. The molecule has 43 heavy (non-hydrogen) atoms. The second kappa shape index (κ2) is 11.9. The lowest BCUT2D eigenvalue weighted by Crippen LogP contribution is -2.39. The van der Waals surface area contributed by atoms with Crippen LogP contribution in [0.15, 0.2) is 101 Å². The lowest BCUT2D eigenvalue weighted by molar-refractivity contribution is -0.258. The van der Waals surface area contributed by atoms with Crippen molar-refractivity contribution in [3.05, 3.63) is 107 Å². The molecule has 0 saturated carbocycles. The van der Waals surface area contributed by atoms with Crippen molar-refractivity contribution >= 4 is 43.2 Å². The standard InChI is InChI=1S/C31H27F3N2O4S3/c1-30(37,31(32,33)34)20-15-16-35-25(18-20)23-9-6-7-19-17-27(42-29(19)23)28(24-8-4-5-10-26(24)41-3)36-43(38,39)22-13-11-21(40-2)12-14-22/h4-18,28,36-37H,1-3H3/t28?,30-/m0/s1. The Labute approximate surface area is 255 Å². The molecule has 2 heterocycles. The van der Waals surface area contributed by atoms with Crippen molar-refractivity contribution < 1.29 is 31.4 Å². The van der Waals surface area contributed by atoms with Gasteiger partial charge < -0.3 is 9.84 Å². The summed E-state index contributed by atoms with van der Waals surface area (Å²) in [5.41, 5.74) is -1.84. The van der Waals surface area contributed by atoms with E-state index >= 15 is 0 Å². The topological polar surface area (TPSA) is 88.5 Å². The van der Waals surface area contributed by atoms with Gasteiger partial charge in [0.2, 0.25) is 10.0 Å². The highest BCUT2D eigenvalue weighted by molar-refractivity contribution is 7.98. The van der Waals surface area contributed by atoms with Crippen LogP contribution in [-0.2, 0) is 15.6 Å². The zero-order chi connectivity index (χ0) is 31.0. The van der Waals surface area contributed by atoms with Gasteiger partial charge in [-0.2, -0.15) is 17.9 Å². The van der Waals surface area contributed by atoms with Crippen molar-refractivity contribution in [1.82, 2.24) is 9.71 Å². The third-order valence-electron chi connectivity index (χ3n) is 7.09. The molecular formula is C31H27F3N2O4S3. The Hall–Kier alpha value is -3.42. The van der Waals surface area contributed by atoms with E-state index in [4.69, 9.17) is 4.74 Å². The first-order valence-corrected chi connectivity index (χ1v) is 16.5. The van der Waals surface area contributed by atoms with E-state index in [-0.39, 0.29) is 16.2 Å². The van der Waals surface area contributed by atoms with Crippen LogP contribution in [0.25, 0.3) is 21.3 Å². The molecule has 0 radical (unpaired) electrons. The zero-order valence-electron chi connectivity index (χ0n) is 23.2. The Morgan fingerprint density at radius 1 is 1.00 bits per heavy atom. The summed E-state index contributed by atoms with van der Waals surface area (Å²) >= 11 is 2.81. The number of aliphatic hydroxyl groups is 1. The molecule has 1 unspecified atom stereocenters. The summed E-state index contributed by atoms with van der Waals surface area (Å²) in [7, 11) is -2.50. The molecule has 3 aromatic carbocycles. The molecule has 6 nitrogen and oxygen atoms in total. The molecule has 0 aliphatic carbocycles. The van der Waals surface area contributed by atoms with Gasteiger partial charge in [0.15, 0.2) is 5.60 Å². The Morgan fingerprint density at radius 2 is 1.72 bits per heavy atom. The van der Waals surface area contributed by atoms with E-state index < -0.39 is 27.8 Å². The fourth-order valence-electron chi connectivity index (χ4n) is 4.63. The van der Waals surface area contributed by atoms with Gasteiger partial charge in [0.05, 0.1) is 23.7 Å². The van der Waals surface area contributed by atoms with Crippen LogP contribution in [0, 0.1) is 0 Å². The van der Waals surface area contributed by atoms with Gasteiger partial charge in [0, 0.05) is 26.2 Å². The lowest BCUT2D eigenvalue weighted by Gasteiger charge is -2.26. The molecule has 5 rings (SSSR count). The maximum absolute atomic E-state index is 13.6. The number of alkyl halides is 3. The number of benzene rings is 3. The van der Waals surface area contributed by atoms with Gasteiger partial charge in [0.25, 0.3) is 0 Å². The van der Waals surface area contributed by atoms with E-state index in [9.17, 15) is 26.7 Å². The highest BCUT2D eigenvalue weighted by atomic mass is 32.2. The molecule has 2 atom stereocenters. The van der Waals surface area contributed by atoms with Crippen LogP contribution in [0.4, 0.5) is 13.2 Å². The predicted molar refractivity (Wildman–Crippen MR) is 164 cm³/mol. The number of hydrogen-bond donors (Lipinski definition) is 2. The number of aromatic nitrogens is 1. The van der Waals surface area contributed by atoms with Crippen molar-refractivity contribution in [3.8, 4) is 17.0 Å². The average Bonchev–Trinajstić information content (AvgIpc) is 3.44. The lowest BCUT2D eigenvalue weighted by atomic mass is 9.94. The number of methoxy groups -OCH3 is 1. The minimum atomic E-state index is -4.88. The largest absolute Gasteiger partial charge is 0.497 e. The van der Waals surface area contributed by atoms with E-state index in [0.29, 0.717) is 27.8 Å². The molecule has 0 saturated heterocycles. The van der Waals surface area contributed by atoms with Crippen LogP contribution in [0.3, 0.4) is 0 Å². The van der Waals surface area contributed by atoms with Crippen LogP contribution in [0.5, 0.6) is 5.75 Å². The second-order valence-corrected chi connectivity index (χ2v) is 13.5. The normalized spacial score (nSPS) is 14.4. The van der Waals surface area contributed by atoms with Gasteiger partial charge in [0.1, 0.15) is 5.75 Å². The van der Waals surface area contributed by atoms with Crippen LogP contribution in [0.1, 0.15) is 29.0 Å². The van der Waals surface area contributed by atoms with Crippen LogP contribution < -0.4 is 9.46 Å². The number of ether oxygens (including phenoxy) is 1. The Kier molecular flexibility index (Phi) is 8.61. The minimum absolute atomic E-state index is 0.0689. The molecule has 5 aromatic rings. The molecule has 0 fully saturated rings. The first-order valence-electron chi connectivity index (χ1n) is 12.9. The fourth-order valence-corrected chi connectivity index (χ4v) is 7.79. The van der Waals surface area contributed by atoms with E-state index in [2.05, 4.69) is 9.71 Å². The van der Waals surface area contributed by atoms with Crippen LogP contribution in [-0.4, -0.2) is 38.1 Å². The number of halogens is 3. The number of rotatable bonds is 9. The highest BCUT2D eigenvalue weighted by Crippen LogP contribution is 2.43. The van der Waals surface area contributed by atoms with Crippen molar-refractivity contribution in [2.45, 2.75) is 34.5 Å². The molecule has 2 aromatic heterocycles. The molecular weight excluding hydrogens is 618 g/mol. The summed E-state index contributed by atoms with van der Waals surface area (Å²) in [6.45, 7) is 0.707. The van der Waals surface area contributed by atoms with Crippen molar-refractivity contribution in [2.75, 3.05) is 13.4 Å². The molecule has 0 amide bonds. The quantitative estimate of drug-likeness (QED) is 0.161. The molecule has 0 aliphatic heterocycles. The van der Waals surface area contributed by atoms with Gasteiger partial charge >= 0.3 is 6.18 Å². The minimum Gasteiger partial charge on any atom is -0.497 e. The summed E-state index contributed by atoms with van der Waals surface area (Å²) in [4.78, 5) is 5.94. The average molecular weight is 645 g/mol. The van der Waals surface area contributed by atoms with Crippen LogP contribution >= 0.6 is 23.1 Å². The number of fused-ring (bicyclic) bond motifs is 1. The first kappa shape index (κ1) is 31.0. The number of hydrogen-bond acceptors (Lipinski definition) is 7. The number of thioether (sulfide) groups is 1. The maximum atomic E-state index is 13.6. The fraction of sp³-hybridized carbons (Fsp3) is 0.194. The highest BCUT2D eigenvalue weighted by Gasteiger charge is 2.51. The summed E-state index contributed by atoms with van der Waals surface area (Å²) in [6.07, 6.45) is -1.74. The molecule has 224 valence electrons. The summed E-state index contributed by atoms with van der Waals surface area (Å²) in [6, 6.07) is 22.4. The van der Waals surface area contributed by atoms with E-state index in [1.807, 2.05) is 42.7 Å². The smallest absolute Gasteiger partial charge is 0.421 e. The predicted octanol–water partition coefficient (Wildman–Crippen LogP) is 7.53. The SMILES string of the molecule is COc1ccc(S(=O)(=O)NC(c2cc3cccc(-c4cc([C@](C)(O)C(F)(F)F)ccn4)c3s2)c2ccccc2SC)cc1. The molecule has 0 spiro atoms. The van der Waals surface area contributed by atoms with Gasteiger partial charge in [-0.25, -0.2) is 8.42 Å². The van der Waals surface area contributed by atoms with Gasteiger partial charge in [-0.1, -0.05) is 36.4 Å². The van der Waals surface area contributed by atoms with Crippen molar-refractivity contribution in [1.29, 1.82) is 0 Å². The number of nitrogens with one attached hydrogen (secondary N) is 1. The number of nitrogens with zero attached hydrogens (tertiary/aromatic N) is 1. The third kappa shape index (κ3) is 6.16. The van der Waals surface area contributed by atoms with E-state index in [0.717, 1.165) is 21.9 Å². The number of thiophene rings is 1. The zero-order valence-corrected chi connectivity index (χ0v) is 25.7. The van der Waals surface area contributed by atoms with Gasteiger partial charge in [-0.05, 0) is 78.2 Å². The maximum Gasteiger partial charge on any atom is 0.421 e. The molecule has 12 heteroatoms. The third-order valence-corrected chi connectivity index (χ3v) is 10.6. The van der Waals surface area contributed by atoms with Crippen LogP contribution in [0.2, 0.25) is 0 Å². The number of pyridine rings is 1. The van der Waals surface area contributed by atoms with Gasteiger partial charge in [-0.3, -0.25) is 4.98 Å². The summed E-state index contributed by atoms with van der Waals surface area (Å²) < 4.78 is 76.8. The second-order valence-electron chi connectivity index (χ2n) is 9.84. The van der Waals surface area contributed by atoms with E-state index in [1.165, 1.54) is 54.6 Å². The van der Waals surface area contributed by atoms with Crippen molar-refractivity contribution in [2.24, 2.45) is 0 Å². The molecule has 0 aliphatic rings. The Bertz CT molecular complexity index is 1870. The monoisotopic (exact) mass is 644 g/mol. The summed E-state index contributed by atoms with van der Waals surface area (Å²) in [5, 5.41) is 11.0. The summed E-state index contributed by atoms with van der Waals surface area (Å²) in [5.74, 6) is 0.523. The van der Waals surface area contributed by atoms with E-state index in [1.54, 1.807) is 24.3 Å². The Morgan fingerprint density at radius 3 is 2.40 bits per heavy atom. The molecule has 2 N–H and O–H groups in total.